The Kier molecular flexibility index (Phi) is 6.49. The van der Waals surface area contributed by atoms with Crippen molar-refractivity contribution in [3.63, 3.8) is 0 Å². The standard InChI is InChI=1S/C20H24BrN3O4/c1-2-4-17(25)22-9-11-23(12-10-22)18(26)5-3-8-24-19(27)15-7-6-14(21)13-16(15)20(24)28/h6-7,13H,2-5,8-12H2,1H3. The number of imide groups is 1. The average Bonchev–Trinajstić information content (AvgIpc) is 2.92. The van der Waals surface area contributed by atoms with E-state index >= 15 is 0 Å². The zero-order valence-electron chi connectivity index (χ0n) is 15.9. The minimum Gasteiger partial charge on any atom is -0.339 e. The van der Waals surface area contributed by atoms with Crippen LogP contribution in [0.25, 0.3) is 0 Å². The highest BCUT2D eigenvalue weighted by molar-refractivity contribution is 9.10. The topological polar surface area (TPSA) is 78.0 Å². The van der Waals surface area contributed by atoms with E-state index in [9.17, 15) is 19.2 Å². The van der Waals surface area contributed by atoms with Gasteiger partial charge < -0.3 is 9.80 Å². The van der Waals surface area contributed by atoms with Crippen molar-refractivity contribution in [3.05, 3.63) is 33.8 Å². The Balaban J connectivity index is 1.46. The summed E-state index contributed by atoms with van der Waals surface area (Å²) in [6, 6.07) is 5.03. The van der Waals surface area contributed by atoms with E-state index in [1.807, 2.05) is 11.8 Å². The van der Waals surface area contributed by atoms with E-state index in [1.165, 1.54) is 4.90 Å². The SMILES string of the molecule is CCCC(=O)N1CCN(C(=O)CCCN2C(=O)c3ccc(Br)cc3C2=O)CC1. The lowest BCUT2D eigenvalue weighted by Gasteiger charge is -2.35. The van der Waals surface area contributed by atoms with Crippen LogP contribution in [-0.2, 0) is 9.59 Å². The van der Waals surface area contributed by atoms with Crippen molar-refractivity contribution in [3.8, 4) is 0 Å². The molecule has 0 aromatic heterocycles. The molecule has 0 atom stereocenters. The first-order valence-electron chi connectivity index (χ1n) is 9.63. The van der Waals surface area contributed by atoms with Crippen LogP contribution in [0.1, 0.15) is 53.3 Å². The zero-order chi connectivity index (χ0) is 20.3. The molecule has 2 aliphatic heterocycles. The van der Waals surface area contributed by atoms with Crippen molar-refractivity contribution < 1.29 is 19.2 Å². The summed E-state index contributed by atoms with van der Waals surface area (Å²) in [5.74, 6) is -0.464. The number of nitrogens with zero attached hydrogens (tertiary/aromatic N) is 3. The fraction of sp³-hybridized carbons (Fsp3) is 0.500. The van der Waals surface area contributed by atoms with Gasteiger partial charge in [-0.2, -0.15) is 0 Å². The Hall–Kier alpha value is -2.22. The van der Waals surface area contributed by atoms with Crippen LogP contribution < -0.4 is 0 Å². The van der Waals surface area contributed by atoms with E-state index < -0.39 is 0 Å². The molecule has 3 rings (SSSR count). The molecule has 4 amide bonds. The fourth-order valence-electron chi connectivity index (χ4n) is 3.59. The van der Waals surface area contributed by atoms with Gasteiger partial charge in [0.15, 0.2) is 0 Å². The van der Waals surface area contributed by atoms with E-state index in [0.717, 1.165) is 10.9 Å². The maximum atomic E-state index is 12.4. The summed E-state index contributed by atoms with van der Waals surface area (Å²) in [5.41, 5.74) is 0.811. The number of piperazine rings is 1. The summed E-state index contributed by atoms with van der Waals surface area (Å²) in [6.45, 7) is 4.41. The molecule has 7 nitrogen and oxygen atoms in total. The van der Waals surface area contributed by atoms with E-state index in [-0.39, 0.29) is 36.6 Å². The maximum absolute atomic E-state index is 12.4. The van der Waals surface area contributed by atoms with Gasteiger partial charge in [0.1, 0.15) is 0 Å². The summed E-state index contributed by atoms with van der Waals surface area (Å²) in [7, 11) is 0. The summed E-state index contributed by atoms with van der Waals surface area (Å²) in [6.07, 6.45) is 2.08. The molecular weight excluding hydrogens is 426 g/mol. The Morgan fingerprint density at radius 2 is 1.50 bits per heavy atom. The van der Waals surface area contributed by atoms with E-state index in [4.69, 9.17) is 0 Å². The van der Waals surface area contributed by atoms with Gasteiger partial charge in [-0.1, -0.05) is 22.9 Å². The quantitative estimate of drug-likeness (QED) is 0.624. The maximum Gasteiger partial charge on any atom is 0.261 e. The first kappa shape index (κ1) is 20.5. The number of carbonyl (C=O) groups excluding carboxylic acids is 4. The van der Waals surface area contributed by atoms with Gasteiger partial charge in [-0.3, -0.25) is 24.1 Å². The molecule has 150 valence electrons. The number of hydrogen-bond donors (Lipinski definition) is 0. The summed E-state index contributed by atoms with van der Waals surface area (Å²) in [4.78, 5) is 54.0. The van der Waals surface area contributed by atoms with Crippen LogP contribution in [-0.4, -0.2) is 71.1 Å². The Labute approximate surface area is 172 Å². The lowest BCUT2D eigenvalue weighted by Crippen LogP contribution is -2.50. The highest BCUT2D eigenvalue weighted by Crippen LogP contribution is 2.26. The molecule has 1 aromatic carbocycles. The largest absolute Gasteiger partial charge is 0.339 e. The molecule has 0 bridgehead atoms. The number of halogens is 1. The number of fused-ring (bicyclic) bond motifs is 1. The van der Waals surface area contributed by atoms with Crippen LogP contribution in [0.4, 0.5) is 0 Å². The molecular formula is C20H24BrN3O4. The van der Waals surface area contributed by atoms with Crippen LogP contribution >= 0.6 is 15.9 Å². The number of benzene rings is 1. The molecule has 2 heterocycles. The van der Waals surface area contributed by atoms with Gasteiger partial charge in [0.25, 0.3) is 11.8 Å². The number of rotatable bonds is 6. The third-order valence-corrected chi connectivity index (χ3v) is 5.65. The average molecular weight is 450 g/mol. The fourth-order valence-corrected chi connectivity index (χ4v) is 3.95. The second-order valence-corrected chi connectivity index (χ2v) is 7.98. The third-order valence-electron chi connectivity index (χ3n) is 5.15. The highest BCUT2D eigenvalue weighted by Gasteiger charge is 2.35. The minimum atomic E-state index is -0.309. The molecule has 0 unspecified atom stereocenters. The lowest BCUT2D eigenvalue weighted by atomic mass is 10.1. The molecule has 1 fully saturated rings. The van der Waals surface area contributed by atoms with Crippen LogP contribution in [0.2, 0.25) is 0 Å². The van der Waals surface area contributed by atoms with Gasteiger partial charge in [0.2, 0.25) is 11.8 Å². The number of carbonyl (C=O) groups is 4. The Morgan fingerprint density at radius 3 is 2.11 bits per heavy atom. The van der Waals surface area contributed by atoms with Crippen molar-refractivity contribution in [2.75, 3.05) is 32.7 Å². The zero-order valence-corrected chi connectivity index (χ0v) is 17.5. The van der Waals surface area contributed by atoms with Crippen LogP contribution in [0.3, 0.4) is 0 Å². The van der Waals surface area contributed by atoms with Gasteiger partial charge in [0.05, 0.1) is 11.1 Å². The molecule has 1 aromatic rings. The summed E-state index contributed by atoms with van der Waals surface area (Å²) in [5, 5.41) is 0. The molecule has 0 radical (unpaired) electrons. The highest BCUT2D eigenvalue weighted by atomic mass is 79.9. The number of hydrogen-bond acceptors (Lipinski definition) is 4. The molecule has 28 heavy (non-hydrogen) atoms. The molecule has 2 aliphatic rings. The Morgan fingerprint density at radius 1 is 0.929 bits per heavy atom. The lowest BCUT2D eigenvalue weighted by molar-refractivity contribution is -0.139. The van der Waals surface area contributed by atoms with Crippen molar-refractivity contribution in [1.82, 2.24) is 14.7 Å². The van der Waals surface area contributed by atoms with Crippen molar-refractivity contribution in [2.45, 2.75) is 32.6 Å². The van der Waals surface area contributed by atoms with Crippen LogP contribution in [0.5, 0.6) is 0 Å². The van der Waals surface area contributed by atoms with Gasteiger partial charge in [-0.25, -0.2) is 0 Å². The summed E-state index contributed by atoms with van der Waals surface area (Å²) < 4.78 is 0.751. The monoisotopic (exact) mass is 449 g/mol. The van der Waals surface area contributed by atoms with E-state index in [1.54, 1.807) is 23.1 Å². The van der Waals surface area contributed by atoms with Crippen molar-refractivity contribution in [2.24, 2.45) is 0 Å². The van der Waals surface area contributed by atoms with Gasteiger partial charge in [-0.15, -0.1) is 0 Å². The molecule has 1 saturated heterocycles. The summed E-state index contributed by atoms with van der Waals surface area (Å²) >= 11 is 3.31. The van der Waals surface area contributed by atoms with Crippen molar-refractivity contribution >= 4 is 39.6 Å². The molecule has 0 aliphatic carbocycles. The predicted octanol–water partition coefficient (Wildman–Crippen LogP) is 2.30. The predicted molar refractivity (Wildman–Crippen MR) is 107 cm³/mol. The number of amides is 4. The second-order valence-electron chi connectivity index (χ2n) is 7.07. The van der Waals surface area contributed by atoms with Gasteiger partial charge in [0, 0.05) is 50.0 Å². The molecule has 0 N–H and O–H groups in total. The molecule has 0 spiro atoms. The third kappa shape index (κ3) is 4.27. The minimum absolute atomic E-state index is 0.00180. The van der Waals surface area contributed by atoms with E-state index in [0.29, 0.717) is 50.1 Å². The molecule has 0 saturated carbocycles. The Bertz CT molecular complexity index is 803. The normalized spacial score (nSPS) is 16.6. The second kappa shape index (κ2) is 8.86. The smallest absolute Gasteiger partial charge is 0.261 e. The van der Waals surface area contributed by atoms with Crippen LogP contribution in [0, 0.1) is 0 Å². The first-order chi connectivity index (χ1) is 13.4. The van der Waals surface area contributed by atoms with Gasteiger partial charge >= 0.3 is 0 Å². The first-order valence-corrected chi connectivity index (χ1v) is 10.4. The molecule has 8 heteroatoms. The van der Waals surface area contributed by atoms with Crippen molar-refractivity contribution in [1.29, 1.82) is 0 Å². The van der Waals surface area contributed by atoms with E-state index in [2.05, 4.69) is 15.9 Å². The van der Waals surface area contributed by atoms with Gasteiger partial charge in [-0.05, 0) is 31.0 Å². The van der Waals surface area contributed by atoms with Crippen LogP contribution in [0.15, 0.2) is 22.7 Å².